The van der Waals surface area contributed by atoms with Crippen molar-refractivity contribution in [3.63, 3.8) is 0 Å². The number of oxazole rings is 1. The Balaban J connectivity index is 1.67. The monoisotopic (exact) mass is 554 g/mol. The highest BCUT2D eigenvalue weighted by Gasteiger charge is 2.28. The molecule has 39 heavy (non-hydrogen) atoms. The third-order valence-electron chi connectivity index (χ3n) is 6.13. The number of nitrogens with zero attached hydrogens (tertiary/aromatic N) is 3. The molecular weight excluding hydrogens is 524 g/mol. The van der Waals surface area contributed by atoms with Crippen LogP contribution in [0.15, 0.2) is 46.4 Å². The summed E-state index contributed by atoms with van der Waals surface area (Å²) in [4.78, 5) is 61.0. The molecule has 4 rings (SSSR count). The first-order chi connectivity index (χ1) is 18.7. The van der Waals surface area contributed by atoms with Crippen LogP contribution < -0.4 is 16.0 Å². The number of aliphatic hydroxyl groups is 1. The van der Waals surface area contributed by atoms with E-state index in [2.05, 4.69) is 25.9 Å². The third-order valence-corrected chi connectivity index (χ3v) is 7.06. The van der Waals surface area contributed by atoms with Gasteiger partial charge in [0.15, 0.2) is 5.69 Å². The number of thiazole rings is 1. The summed E-state index contributed by atoms with van der Waals surface area (Å²) < 4.78 is 5.60. The molecule has 0 spiro atoms. The lowest BCUT2D eigenvalue weighted by Crippen LogP contribution is -2.46. The van der Waals surface area contributed by atoms with Crippen molar-refractivity contribution < 1.29 is 28.7 Å². The predicted octanol–water partition coefficient (Wildman–Crippen LogP) is 1.22. The van der Waals surface area contributed by atoms with Crippen LogP contribution in [-0.4, -0.2) is 69.8 Å². The van der Waals surface area contributed by atoms with Crippen LogP contribution in [0.5, 0.6) is 0 Å². The first-order valence-electron chi connectivity index (χ1n) is 12.5. The molecule has 3 heterocycles. The van der Waals surface area contributed by atoms with Crippen molar-refractivity contribution in [1.82, 2.24) is 30.8 Å². The quantitative estimate of drug-likeness (QED) is 0.374. The third kappa shape index (κ3) is 7.06. The Morgan fingerprint density at radius 1 is 1.13 bits per heavy atom. The second-order valence-electron chi connectivity index (χ2n) is 9.38. The van der Waals surface area contributed by atoms with Crippen molar-refractivity contribution in [3.8, 4) is 0 Å². The maximum absolute atomic E-state index is 13.2. The number of hydrogen-bond donors (Lipinski definition) is 4. The molecule has 0 fully saturated rings. The minimum Gasteiger partial charge on any atom is -0.446 e. The zero-order valence-electron chi connectivity index (χ0n) is 21.5. The van der Waals surface area contributed by atoms with Crippen molar-refractivity contribution >= 4 is 35.0 Å². The fourth-order valence-corrected chi connectivity index (χ4v) is 5.08. The number of amides is 4. The lowest BCUT2D eigenvalue weighted by atomic mass is 10.0. The van der Waals surface area contributed by atoms with Gasteiger partial charge >= 0.3 is 0 Å². The van der Waals surface area contributed by atoms with E-state index < -0.39 is 42.3 Å². The van der Waals surface area contributed by atoms with Crippen LogP contribution in [0.25, 0.3) is 0 Å². The number of fused-ring (bicyclic) bond motifs is 4. The zero-order valence-corrected chi connectivity index (χ0v) is 22.4. The summed E-state index contributed by atoms with van der Waals surface area (Å²) in [5.41, 5.74) is 1.08. The number of nitrogens with one attached hydrogen (secondary N) is 3. The first-order valence-corrected chi connectivity index (χ1v) is 13.3. The Kier molecular flexibility index (Phi) is 9.04. The van der Waals surface area contributed by atoms with Gasteiger partial charge in [0.05, 0.1) is 12.6 Å². The molecule has 0 aliphatic carbocycles. The van der Waals surface area contributed by atoms with Gasteiger partial charge in [-0.1, -0.05) is 44.2 Å². The van der Waals surface area contributed by atoms with Gasteiger partial charge in [-0.25, -0.2) is 9.97 Å². The van der Waals surface area contributed by atoms with Gasteiger partial charge < -0.3 is 30.4 Å². The lowest BCUT2D eigenvalue weighted by Gasteiger charge is -2.25. The van der Waals surface area contributed by atoms with Crippen molar-refractivity contribution in [1.29, 1.82) is 0 Å². The summed E-state index contributed by atoms with van der Waals surface area (Å²) in [6, 6.07) is 8.26. The second-order valence-corrected chi connectivity index (χ2v) is 10.3. The predicted molar refractivity (Wildman–Crippen MR) is 141 cm³/mol. The van der Waals surface area contributed by atoms with Gasteiger partial charge in [-0.15, -0.1) is 11.3 Å². The Bertz CT molecular complexity index is 1320. The van der Waals surface area contributed by atoms with E-state index in [1.165, 1.54) is 17.6 Å². The Morgan fingerprint density at radius 3 is 2.62 bits per heavy atom. The summed E-state index contributed by atoms with van der Waals surface area (Å²) in [6.45, 7) is 2.69. The normalized spacial score (nSPS) is 19.1. The van der Waals surface area contributed by atoms with Crippen molar-refractivity contribution in [2.24, 2.45) is 5.92 Å². The Hall–Kier alpha value is -4.10. The maximum Gasteiger partial charge on any atom is 0.273 e. The molecule has 1 aromatic carbocycles. The Morgan fingerprint density at radius 2 is 1.90 bits per heavy atom. The summed E-state index contributed by atoms with van der Waals surface area (Å²) in [5, 5.41) is 19.9. The van der Waals surface area contributed by atoms with Gasteiger partial charge in [-0.2, -0.15) is 0 Å². The minimum atomic E-state index is -0.783. The number of benzene rings is 1. The molecule has 0 radical (unpaired) electrons. The van der Waals surface area contributed by atoms with Crippen LogP contribution in [0.1, 0.15) is 63.4 Å². The summed E-state index contributed by atoms with van der Waals surface area (Å²) in [6.07, 6.45) is 1.55. The second kappa shape index (κ2) is 12.6. The highest BCUT2D eigenvalue weighted by Crippen LogP contribution is 2.26. The standard InChI is InChI=1S/C26H30N6O6S/c1-15(2)22-26-30-19(14-39-26)24(37)28-17(10-16-6-4-3-5-7-16)25-29-18(13-38-25)23(36)27-8-9-32(21(35)12-33)11-20(34)31-22/h3-7,13-15,17,22,33H,8-12H2,1-2H3,(H,27,36)(H,28,37)(H,31,34)/t17-,22-/m0/s1. The van der Waals surface area contributed by atoms with E-state index in [1.807, 2.05) is 44.2 Å². The molecule has 0 unspecified atom stereocenters. The minimum absolute atomic E-state index is 0.00748. The van der Waals surface area contributed by atoms with Gasteiger partial charge in [0.2, 0.25) is 17.7 Å². The van der Waals surface area contributed by atoms with Gasteiger partial charge in [-0.05, 0) is 11.5 Å². The summed E-state index contributed by atoms with van der Waals surface area (Å²) in [5.74, 6) is -2.06. The van der Waals surface area contributed by atoms with E-state index in [9.17, 15) is 24.3 Å². The molecule has 1 aliphatic rings. The molecular formula is C26H30N6O6S. The fourth-order valence-electron chi connectivity index (χ4n) is 4.06. The number of aliphatic hydroxyl groups excluding tert-OH is 1. The van der Waals surface area contributed by atoms with E-state index in [4.69, 9.17) is 4.42 Å². The van der Waals surface area contributed by atoms with Gasteiger partial charge in [0.25, 0.3) is 11.8 Å². The van der Waals surface area contributed by atoms with Crippen LogP contribution in [-0.2, 0) is 16.0 Å². The van der Waals surface area contributed by atoms with Gasteiger partial charge in [0.1, 0.15) is 29.6 Å². The zero-order chi connectivity index (χ0) is 27.9. The maximum atomic E-state index is 13.2. The fraction of sp³-hybridized carbons (Fsp3) is 0.385. The Labute approximate surface area is 228 Å². The molecule has 2 atom stereocenters. The highest BCUT2D eigenvalue weighted by atomic mass is 32.1. The molecule has 206 valence electrons. The molecule has 0 saturated carbocycles. The van der Waals surface area contributed by atoms with Crippen LogP contribution in [0, 0.1) is 5.92 Å². The molecule has 0 saturated heterocycles. The van der Waals surface area contributed by atoms with Crippen LogP contribution in [0.2, 0.25) is 0 Å². The van der Waals surface area contributed by atoms with E-state index in [1.54, 1.807) is 5.38 Å². The average molecular weight is 555 g/mol. The molecule has 13 heteroatoms. The van der Waals surface area contributed by atoms with Gasteiger partial charge in [0, 0.05) is 24.9 Å². The van der Waals surface area contributed by atoms with E-state index in [-0.39, 0.29) is 42.8 Å². The van der Waals surface area contributed by atoms with E-state index in [0.29, 0.717) is 11.4 Å². The summed E-state index contributed by atoms with van der Waals surface area (Å²) >= 11 is 1.24. The topological polar surface area (TPSA) is 167 Å². The molecule has 4 amide bonds. The van der Waals surface area contributed by atoms with E-state index >= 15 is 0 Å². The lowest BCUT2D eigenvalue weighted by molar-refractivity contribution is -0.138. The van der Waals surface area contributed by atoms with E-state index in [0.717, 1.165) is 10.5 Å². The molecule has 12 nitrogen and oxygen atoms in total. The largest absolute Gasteiger partial charge is 0.446 e. The van der Waals surface area contributed by atoms with Crippen molar-refractivity contribution in [3.05, 3.63) is 69.8 Å². The smallest absolute Gasteiger partial charge is 0.273 e. The summed E-state index contributed by atoms with van der Waals surface area (Å²) in [7, 11) is 0. The molecule has 1 aliphatic heterocycles. The number of hydrogen-bond acceptors (Lipinski definition) is 9. The highest BCUT2D eigenvalue weighted by molar-refractivity contribution is 7.09. The average Bonchev–Trinajstić information content (AvgIpc) is 3.61. The van der Waals surface area contributed by atoms with Crippen molar-refractivity contribution in [2.75, 3.05) is 26.2 Å². The number of aromatic nitrogens is 2. The van der Waals surface area contributed by atoms with Crippen LogP contribution in [0.4, 0.5) is 0 Å². The van der Waals surface area contributed by atoms with Crippen LogP contribution in [0.3, 0.4) is 0 Å². The van der Waals surface area contributed by atoms with Crippen LogP contribution >= 0.6 is 11.3 Å². The SMILES string of the molecule is CC(C)[C@@H]1NC(=O)CN(C(=O)CO)CCNC(=O)c2coc(n2)[C@H](Cc2ccccc2)NC(=O)c2csc1n2. The number of rotatable bonds is 4. The molecule has 3 aromatic rings. The van der Waals surface area contributed by atoms with Crippen molar-refractivity contribution in [2.45, 2.75) is 32.4 Å². The number of carbonyl (C=O) groups excluding carboxylic acids is 4. The number of carbonyl (C=O) groups is 4. The first kappa shape index (κ1) is 27.9. The molecule has 4 N–H and O–H groups in total. The van der Waals surface area contributed by atoms with Gasteiger partial charge in [-0.3, -0.25) is 19.2 Å². The molecule has 4 bridgehead atoms. The molecule has 2 aromatic heterocycles.